The van der Waals surface area contributed by atoms with Crippen molar-refractivity contribution in [2.45, 2.75) is 20.4 Å². The Labute approximate surface area is 116 Å². The van der Waals surface area contributed by atoms with E-state index in [1.54, 1.807) is 12.1 Å². The molecule has 1 aromatic rings. The standard InChI is InChI=1S/C15H26FN3/c1-12(2)10-19(8-7-18(3)4)11-13-9-14(16)5-6-15(13)17/h5-6,9,12H,7-8,10-11,17H2,1-4H3. The van der Waals surface area contributed by atoms with Crippen LogP contribution in [0.15, 0.2) is 18.2 Å². The van der Waals surface area contributed by atoms with Crippen molar-refractivity contribution in [2.75, 3.05) is 39.5 Å². The van der Waals surface area contributed by atoms with Gasteiger partial charge in [0.2, 0.25) is 0 Å². The van der Waals surface area contributed by atoms with E-state index < -0.39 is 0 Å². The first kappa shape index (κ1) is 15.9. The van der Waals surface area contributed by atoms with Crippen molar-refractivity contribution in [3.8, 4) is 0 Å². The minimum absolute atomic E-state index is 0.221. The van der Waals surface area contributed by atoms with Crippen molar-refractivity contribution in [1.82, 2.24) is 9.80 Å². The summed E-state index contributed by atoms with van der Waals surface area (Å²) >= 11 is 0. The van der Waals surface area contributed by atoms with Crippen molar-refractivity contribution < 1.29 is 4.39 Å². The maximum absolute atomic E-state index is 13.3. The van der Waals surface area contributed by atoms with Crippen LogP contribution in [0.25, 0.3) is 0 Å². The molecule has 1 aromatic carbocycles. The Hall–Kier alpha value is -1.13. The van der Waals surface area contributed by atoms with Crippen LogP contribution in [-0.4, -0.2) is 43.5 Å². The lowest BCUT2D eigenvalue weighted by Crippen LogP contribution is -2.34. The first-order chi connectivity index (χ1) is 8.88. The SMILES string of the molecule is CC(C)CN(CCN(C)C)Cc1cc(F)ccc1N. The van der Waals surface area contributed by atoms with Gasteiger partial charge in [0.25, 0.3) is 0 Å². The minimum atomic E-state index is -0.221. The van der Waals surface area contributed by atoms with Gasteiger partial charge in [-0.1, -0.05) is 13.8 Å². The molecule has 0 saturated heterocycles. The van der Waals surface area contributed by atoms with Crippen LogP contribution in [0.2, 0.25) is 0 Å². The summed E-state index contributed by atoms with van der Waals surface area (Å²) in [7, 11) is 4.12. The van der Waals surface area contributed by atoms with Crippen LogP contribution in [0.4, 0.5) is 10.1 Å². The zero-order valence-electron chi connectivity index (χ0n) is 12.5. The quantitative estimate of drug-likeness (QED) is 0.770. The molecule has 3 nitrogen and oxygen atoms in total. The molecule has 0 saturated carbocycles. The monoisotopic (exact) mass is 267 g/mol. The molecule has 0 radical (unpaired) electrons. The largest absolute Gasteiger partial charge is 0.398 e. The Morgan fingerprint density at radius 2 is 1.89 bits per heavy atom. The van der Waals surface area contributed by atoms with Gasteiger partial charge in [0.1, 0.15) is 5.82 Å². The summed E-state index contributed by atoms with van der Waals surface area (Å²) in [6.07, 6.45) is 0. The van der Waals surface area contributed by atoms with Crippen molar-refractivity contribution >= 4 is 5.69 Å². The molecule has 108 valence electrons. The number of hydrogen-bond donors (Lipinski definition) is 1. The second-order valence-corrected chi connectivity index (χ2v) is 5.78. The van der Waals surface area contributed by atoms with Crippen molar-refractivity contribution in [1.29, 1.82) is 0 Å². The number of benzene rings is 1. The van der Waals surface area contributed by atoms with Crippen molar-refractivity contribution in [3.05, 3.63) is 29.6 Å². The average Bonchev–Trinajstić information content (AvgIpc) is 2.30. The Morgan fingerprint density at radius 3 is 2.47 bits per heavy atom. The molecule has 19 heavy (non-hydrogen) atoms. The highest BCUT2D eigenvalue weighted by molar-refractivity contribution is 5.46. The van der Waals surface area contributed by atoms with Gasteiger partial charge in [-0.15, -0.1) is 0 Å². The van der Waals surface area contributed by atoms with E-state index in [1.165, 1.54) is 6.07 Å². The van der Waals surface area contributed by atoms with Gasteiger partial charge in [-0.05, 0) is 43.8 Å². The zero-order chi connectivity index (χ0) is 14.4. The molecule has 0 spiro atoms. The summed E-state index contributed by atoms with van der Waals surface area (Å²) in [5.41, 5.74) is 7.46. The molecule has 4 heteroatoms. The van der Waals surface area contributed by atoms with Crippen LogP contribution < -0.4 is 5.73 Å². The van der Waals surface area contributed by atoms with Crippen LogP contribution >= 0.6 is 0 Å². The molecule has 0 aliphatic heterocycles. The number of hydrogen-bond acceptors (Lipinski definition) is 3. The fraction of sp³-hybridized carbons (Fsp3) is 0.600. The Kier molecular flexibility index (Phi) is 6.25. The van der Waals surface area contributed by atoms with E-state index in [2.05, 4.69) is 37.7 Å². The molecule has 0 fully saturated rings. The number of rotatable bonds is 7. The number of halogens is 1. The summed E-state index contributed by atoms with van der Waals surface area (Å²) in [6, 6.07) is 4.59. The fourth-order valence-electron chi connectivity index (χ4n) is 2.04. The summed E-state index contributed by atoms with van der Waals surface area (Å²) in [6.45, 7) is 8.03. The van der Waals surface area contributed by atoms with Crippen LogP contribution in [0.3, 0.4) is 0 Å². The van der Waals surface area contributed by atoms with Crippen LogP contribution in [-0.2, 0) is 6.54 Å². The van der Waals surface area contributed by atoms with E-state index in [-0.39, 0.29) is 5.82 Å². The zero-order valence-corrected chi connectivity index (χ0v) is 12.5. The van der Waals surface area contributed by atoms with Crippen LogP contribution in [0, 0.1) is 11.7 Å². The predicted molar refractivity (Wildman–Crippen MR) is 79.5 cm³/mol. The number of nitrogens with zero attached hydrogens (tertiary/aromatic N) is 2. The van der Waals surface area contributed by atoms with Gasteiger partial charge in [-0.3, -0.25) is 4.90 Å². The first-order valence-corrected chi connectivity index (χ1v) is 6.79. The van der Waals surface area contributed by atoms with E-state index in [0.29, 0.717) is 18.2 Å². The third kappa shape index (κ3) is 6.03. The van der Waals surface area contributed by atoms with Crippen molar-refractivity contribution in [2.24, 2.45) is 5.92 Å². The third-order valence-corrected chi connectivity index (χ3v) is 2.99. The van der Waals surface area contributed by atoms with Gasteiger partial charge < -0.3 is 10.6 Å². The highest BCUT2D eigenvalue weighted by Gasteiger charge is 2.11. The molecule has 2 N–H and O–H groups in total. The van der Waals surface area contributed by atoms with Gasteiger partial charge in [-0.2, -0.15) is 0 Å². The predicted octanol–water partition coefficient (Wildman–Crippen LogP) is 2.43. The Bertz CT molecular complexity index is 391. The number of nitrogen functional groups attached to an aromatic ring is 1. The van der Waals surface area contributed by atoms with Gasteiger partial charge in [0, 0.05) is 31.9 Å². The molecule has 0 atom stereocenters. The third-order valence-electron chi connectivity index (χ3n) is 2.99. The second kappa shape index (κ2) is 7.46. The summed E-state index contributed by atoms with van der Waals surface area (Å²) < 4.78 is 13.3. The van der Waals surface area contributed by atoms with Gasteiger partial charge in [-0.25, -0.2) is 4.39 Å². The smallest absolute Gasteiger partial charge is 0.123 e. The van der Waals surface area contributed by atoms with Crippen LogP contribution in [0.1, 0.15) is 19.4 Å². The topological polar surface area (TPSA) is 32.5 Å². The Balaban J connectivity index is 2.72. The molecule has 0 aromatic heterocycles. The number of anilines is 1. The fourth-order valence-corrected chi connectivity index (χ4v) is 2.04. The van der Waals surface area contributed by atoms with E-state index in [1.807, 2.05) is 0 Å². The molecule has 1 rings (SSSR count). The highest BCUT2D eigenvalue weighted by atomic mass is 19.1. The van der Waals surface area contributed by atoms with Gasteiger partial charge in [0.15, 0.2) is 0 Å². The molecule has 0 amide bonds. The summed E-state index contributed by atoms with van der Waals surface area (Å²) in [5, 5.41) is 0. The van der Waals surface area contributed by atoms with Crippen LogP contribution in [0.5, 0.6) is 0 Å². The average molecular weight is 267 g/mol. The normalized spacial score (nSPS) is 11.8. The van der Waals surface area contributed by atoms with Gasteiger partial charge >= 0.3 is 0 Å². The maximum atomic E-state index is 13.3. The molecule has 0 aliphatic carbocycles. The van der Waals surface area contributed by atoms with E-state index in [0.717, 1.165) is 25.2 Å². The number of likely N-dealkylation sites (N-methyl/N-ethyl adjacent to an activating group) is 1. The van der Waals surface area contributed by atoms with Crippen molar-refractivity contribution in [3.63, 3.8) is 0 Å². The minimum Gasteiger partial charge on any atom is -0.398 e. The molecule has 0 aliphatic rings. The van der Waals surface area contributed by atoms with E-state index in [9.17, 15) is 4.39 Å². The summed E-state index contributed by atoms with van der Waals surface area (Å²) in [4.78, 5) is 4.48. The highest BCUT2D eigenvalue weighted by Crippen LogP contribution is 2.16. The van der Waals surface area contributed by atoms with E-state index in [4.69, 9.17) is 5.73 Å². The molecule has 0 heterocycles. The lowest BCUT2D eigenvalue weighted by Gasteiger charge is -2.26. The Morgan fingerprint density at radius 1 is 1.21 bits per heavy atom. The summed E-state index contributed by atoms with van der Waals surface area (Å²) in [5.74, 6) is 0.359. The number of nitrogens with two attached hydrogens (primary N) is 1. The molecule has 0 unspecified atom stereocenters. The molecular weight excluding hydrogens is 241 g/mol. The molecule has 0 bridgehead atoms. The van der Waals surface area contributed by atoms with E-state index >= 15 is 0 Å². The lowest BCUT2D eigenvalue weighted by molar-refractivity contribution is 0.212. The molecular formula is C15H26FN3. The lowest BCUT2D eigenvalue weighted by atomic mass is 10.1. The maximum Gasteiger partial charge on any atom is 0.123 e. The van der Waals surface area contributed by atoms with Gasteiger partial charge in [0.05, 0.1) is 0 Å². The second-order valence-electron chi connectivity index (χ2n) is 5.78. The first-order valence-electron chi connectivity index (χ1n) is 6.79.